The van der Waals surface area contributed by atoms with E-state index >= 15 is 0 Å². The number of nitrogens with zero attached hydrogens (tertiary/aromatic N) is 1. The van der Waals surface area contributed by atoms with E-state index in [1.54, 1.807) is 0 Å². The van der Waals surface area contributed by atoms with Crippen molar-refractivity contribution in [2.75, 3.05) is 0 Å². The zero-order chi connectivity index (χ0) is 17.2. The molecule has 0 fully saturated rings. The van der Waals surface area contributed by atoms with Crippen molar-refractivity contribution < 1.29 is 0 Å². The maximum Gasteiger partial charge on any atom is 0.138 e. The number of benzene rings is 3. The molecule has 0 aliphatic carbocycles. The predicted octanol–water partition coefficient (Wildman–Crippen LogP) is 6.43. The van der Waals surface area contributed by atoms with Crippen LogP contribution in [-0.4, -0.2) is 9.97 Å². The molecule has 3 aromatic carbocycles. The van der Waals surface area contributed by atoms with Gasteiger partial charge in [0.15, 0.2) is 0 Å². The van der Waals surface area contributed by atoms with Crippen molar-refractivity contribution in [2.45, 2.75) is 19.3 Å². The van der Waals surface area contributed by atoms with Gasteiger partial charge in [-0.2, -0.15) is 0 Å². The highest BCUT2D eigenvalue weighted by Gasteiger charge is 2.17. The molecule has 4 aromatic rings. The van der Waals surface area contributed by atoms with E-state index in [-0.39, 0.29) is 0 Å². The summed E-state index contributed by atoms with van der Waals surface area (Å²) in [5.41, 5.74) is 5.71. The second kappa shape index (κ2) is 6.73. The molecule has 0 aliphatic heterocycles. The molecular weight excluding hydrogens is 328 g/mol. The molecule has 0 spiro atoms. The number of halogens is 1. The molecule has 1 atom stereocenters. The van der Waals surface area contributed by atoms with E-state index in [1.807, 2.05) is 24.3 Å². The molecule has 0 saturated carbocycles. The number of H-pyrrole nitrogens is 1. The molecule has 0 saturated heterocycles. The van der Waals surface area contributed by atoms with Gasteiger partial charge in [0.1, 0.15) is 5.82 Å². The van der Waals surface area contributed by atoms with Crippen LogP contribution in [0.3, 0.4) is 0 Å². The highest BCUT2D eigenvalue weighted by Crippen LogP contribution is 2.33. The minimum absolute atomic E-state index is 0.345. The first-order valence-electron chi connectivity index (χ1n) is 8.55. The summed E-state index contributed by atoms with van der Waals surface area (Å²) < 4.78 is 0. The van der Waals surface area contributed by atoms with Crippen LogP contribution in [0.25, 0.3) is 22.4 Å². The number of para-hydroxylation sites is 1. The van der Waals surface area contributed by atoms with Crippen LogP contribution in [0.4, 0.5) is 0 Å². The summed E-state index contributed by atoms with van der Waals surface area (Å²) >= 11 is 6.14. The number of rotatable bonds is 4. The van der Waals surface area contributed by atoms with Crippen molar-refractivity contribution in [2.24, 2.45) is 0 Å². The van der Waals surface area contributed by atoms with Gasteiger partial charge in [0, 0.05) is 16.5 Å². The minimum Gasteiger partial charge on any atom is -0.338 e. The average molecular weight is 347 g/mol. The average Bonchev–Trinajstić information content (AvgIpc) is 3.08. The first kappa shape index (κ1) is 15.9. The van der Waals surface area contributed by atoms with Crippen molar-refractivity contribution in [3.8, 4) is 11.4 Å². The number of imidazole rings is 1. The second-order valence-corrected chi connectivity index (χ2v) is 6.65. The molecule has 0 bridgehead atoms. The zero-order valence-corrected chi connectivity index (χ0v) is 14.8. The Kier molecular flexibility index (Phi) is 4.29. The van der Waals surface area contributed by atoms with Gasteiger partial charge in [0.05, 0.1) is 11.0 Å². The summed E-state index contributed by atoms with van der Waals surface area (Å²) in [6.45, 7) is 2.23. The maximum atomic E-state index is 6.14. The Balaban J connectivity index is 1.85. The lowest BCUT2D eigenvalue weighted by atomic mass is 9.88. The van der Waals surface area contributed by atoms with Crippen molar-refractivity contribution in [3.63, 3.8) is 0 Å². The normalized spacial score (nSPS) is 12.4. The predicted molar refractivity (Wildman–Crippen MR) is 105 cm³/mol. The fraction of sp³-hybridized carbons (Fsp3) is 0.136. The van der Waals surface area contributed by atoms with Gasteiger partial charge in [-0.05, 0) is 35.7 Å². The molecule has 0 radical (unpaired) electrons. The molecule has 2 nitrogen and oxygen atoms in total. The summed E-state index contributed by atoms with van der Waals surface area (Å²) in [5.74, 6) is 1.20. The van der Waals surface area contributed by atoms with Gasteiger partial charge < -0.3 is 4.98 Å². The van der Waals surface area contributed by atoms with E-state index in [2.05, 4.69) is 60.4 Å². The van der Waals surface area contributed by atoms with E-state index in [1.165, 1.54) is 11.1 Å². The fourth-order valence-corrected chi connectivity index (χ4v) is 3.63. The van der Waals surface area contributed by atoms with Crippen LogP contribution < -0.4 is 0 Å². The Labute approximate surface area is 152 Å². The van der Waals surface area contributed by atoms with E-state index in [0.29, 0.717) is 10.9 Å². The summed E-state index contributed by atoms with van der Waals surface area (Å²) in [5, 5.41) is 0.717. The van der Waals surface area contributed by atoms with E-state index in [9.17, 15) is 0 Å². The van der Waals surface area contributed by atoms with Crippen LogP contribution in [0.1, 0.15) is 30.4 Å². The van der Waals surface area contributed by atoms with Crippen molar-refractivity contribution in [3.05, 3.63) is 88.9 Å². The molecule has 1 heterocycles. The summed E-state index contributed by atoms with van der Waals surface area (Å²) in [4.78, 5) is 8.30. The molecular formula is C22H19ClN2. The van der Waals surface area contributed by atoms with E-state index in [4.69, 9.17) is 16.6 Å². The summed E-state index contributed by atoms with van der Waals surface area (Å²) in [7, 11) is 0. The lowest BCUT2D eigenvalue weighted by Gasteiger charge is -2.16. The molecule has 3 heteroatoms. The molecule has 4 rings (SSSR count). The standard InChI is InChI=1S/C22H19ClN2/c1-2-18(15-8-4-3-5-9-15)19-12-7-13-20-21(19)25-22(24-20)16-10-6-11-17(23)14-16/h3-14,18H,2H2,1H3,(H,24,25). The number of nitrogens with one attached hydrogen (secondary N) is 1. The molecule has 1 N–H and O–H groups in total. The van der Waals surface area contributed by atoms with Gasteiger partial charge in [-0.1, -0.05) is 73.1 Å². The van der Waals surface area contributed by atoms with Gasteiger partial charge >= 0.3 is 0 Å². The number of hydrogen-bond donors (Lipinski definition) is 1. The lowest BCUT2D eigenvalue weighted by molar-refractivity contribution is 0.782. The van der Waals surface area contributed by atoms with Gasteiger partial charge in [-0.3, -0.25) is 0 Å². The minimum atomic E-state index is 0.345. The van der Waals surface area contributed by atoms with Crippen LogP contribution >= 0.6 is 11.6 Å². The van der Waals surface area contributed by atoms with Crippen LogP contribution in [0.5, 0.6) is 0 Å². The third-order valence-corrected chi connectivity index (χ3v) is 4.87. The van der Waals surface area contributed by atoms with Crippen molar-refractivity contribution in [1.29, 1.82) is 0 Å². The summed E-state index contributed by atoms with van der Waals surface area (Å²) in [6.07, 6.45) is 1.04. The topological polar surface area (TPSA) is 28.7 Å². The highest BCUT2D eigenvalue weighted by molar-refractivity contribution is 6.30. The molecule has 1 aromatic heterocycles. The highest BCUT2D eigenvalue weighted by atomic mass is 35.5. The fourth-order valence-electron chi connectivity index (χ4n) is 3.44. The van der Waals surface area contributed by atoms with E-state index < -0.39 is 0 Å². The molecule has 0 amide bonds. The first-order chi connectivity index (χ1) is 12.3. The second-order valence-electron chi connectivity index (χ2n) is 6.21. The van der Waals surface area contributed by atoms with Crippen LogP contribution in [0, 0.1) is 0 Å². The zero-order valence-electron chi connectivity index (χ0n) is 14.0. The van der Waals surface area contributed by atoms with Crippen molar-refractivity contribution >= 4 is 22.6 Å². The van der Waals surface area contributed by atoms with Crippen LogP contribution in [-0.2, 0) is 0 Å². The van der Waals surface area contributed by atoms with Crippen LogP contribution in [0.2, 0.25) is 5.02 Å². The molecule has 0 aliphatic rings. The maximum absolute atomic E-state index is 6.14. The number of aromatic nitrogens is 2. The Bertz CT molecular complexity index is 1000. The quantitative estimate of drug-likeness (QED) is 0.453. The molecule has 25 heavy (non-hydrogen) atoms. The number of fused-ring (bicyclic) bond motifs is 1. The van der Waals surface area contributed by atoms with Gasteiger partial charge in [0.2, 0.25) is 0 Å². The SMILES string of the molecule is CCC(c1ccccc1)c1cccc2nc(-c3cccc(Cl)c3)[nH]c12. The molecule has 1 unspecified atom stereocenters. The Morgan fingerprint density at radius 3 is 2.52 bits per heavy atom. The van der Waals surface area contributed by atoms with Crippen molar-refractivity contribution in [1.82, 2.24) is 9.97 Å². The Morgan fingerprint density at radius 1 is 0.960 bits per heavy atom. The molecule has 124 valence electrons. The summed E-state index contributed by atoms with van der Waals surface area (Å²) in [6, 6.07) is 24.8. The number of aromatic amines is 1. The lowest BCUT2D eigenvalue weighted by Crippen LogP contribution is -2.00. The third-order valence-electron chi connectivity index (χ3n) is 4.63. The number of hydrogen-bond acceptors (Lipinski definition) is 1. The Morgan fingerprint density at radius 2 is 1.76 bits per heavy atom. The van der Waals surface area contributed by atoms with Crippen LogP contribution in [0.15, 0.2) is 72.8 Å². The van der Waals surface area contributed by atoms with Gasteiger partial charge in [-0.25, -0.2) is 4.98 Å². The van der Waals surface area contributed by atoms with Gasteiger partial charge in [-0.15, -0.1) is 0 Å². The Hall–Kier alpha value is -2.58. The third kappa shape index (κ3) is 3.06. The monoisotopic (exact) mass is 346 g/mol. The van der Waals surface area contributed by atoms with Gasteiger partial charge in [0.25, 0.3) is 0 Å². The smallest absolute Gasteiger partial charge is 0.138 e. The largest absolute Gasteiger partial charge is 0.338 e. The van der Waals surface area contributed by atoms with E-state index in [0.717, 1.165) is 28.8 Å². The first-order valence-corrected chi connectivity index (χ1v) is 8.93.